The van der Waals surface area contributed by atoms with Gasteiger partial charge in [-0.15, -0.1) is 10.2 Å². The van der Waals surface area contributed by atoms with Crippen LogP contribution in [0.5, 0.6) is 0 Å². The van der Waals surface area contributed by atoms with Crippen molar-refractivity contribution in [2.24, 2.45) is 0 Å². The van der Waals surface area contributed by atoms with Crippen molar-refractivity contribution in [3.05, 3.63) is 73.2 Å². The number of allylic oxidation sites excluding steroid dienone is 1. The van der Waals surface area contributed by atoms with Crippen molar-refractivity contribution in [2.45, 2.75) is 6.42 Å². The summed E-state index contributed by atoms with van der Waals surface area (Å²) < 4.78 is 0. The molecule has 0 atom stereocenters. The van der Waals surface area contributed by atoms with Crippen LogP contribution in [0.3, 0.4) is 0 Å². The van der Waals surface area contributed by atoms with E-state index in [4.69, 9.17) is 34.8 Å². The van der Waals surface area contributed by atoms with Gasteiger partial charge in [-0.05, 0) is 47.0 Å². The molecule has 1 aliphatic rings. The zero-order chi connectivity index (χ0) is 18.3. The van der Waals surface area contributed by atoms with Gasteiger partial charge in [0.15, 0.2) is 0 Å². The van der Waals surface area contributed by atoms with E-state index >= 15 is 0 Å². The van der Waals surface area contributed by atoms with Crippen LogP contribution in [0.15, 0.2) is 36.4 Å². The van der Waals surface area contributed by atoms with Crippen LogP contribution in [0.25, 0.3) is 11.6 Å². The Morgan fingerprint density at radius 3 is 2.62 bits per heavy atom. The molecular formula is C18H10Cl3N3OS. The average molecular weight is 423 g/mol. The summed E-state index contributed by atoms with van der Waals surface area (Å²) >= 11 is 19.5. The van der Waals surface area contributed by atoms with Crippen molar-refractivity contribution in [1.29, 1.82) is 0 Å². The van der Waals surface area contributed by atoms with Gasteiger partial charge in [0.1, 0.15) is 5.01 Å². The quantitative estimate of drug-likeness (QED) is 0.576. The van der Waals surface area contributed by atoms with Gasteiger partial charge in [-0.1, -0.05) is 58.3 Å². The minimum absolute atomic E-state index is 0.217. The molecule has 2 aromatic carbocycles. The van der Waals surface area contributed by atoms with Crippen LogP contribution in [-0.2, 0) is 6.42 Å². The molecule has 8 heteroatoms. The maximum atomic E-state index is 12.4. The number of nitrogens with zero attached hydrogens (tertiary/aromatic N) is 2. The summed E-state index contributed by atoms with van der Waals surface area (Å²) in [6.07, 6.45) is 2.80. The summed E-state index contributed by atoms with van der Waals surface area (Å²) in [5.41, 5.74) is 3.52. The molecule has 0 spiro atoms. The summed E-state index contributed by atoms with van der Waals surface area (Å²) in [4.78, 5) is 12.4. The van der Waals surface area contributed by atoms with Crippen molar-refractivity contribution in [3.8, 4) is 0 Å². The van der Waals surface area contributed by atoms with E-state index in [0.717, 1.165) is 22.6 Å². The molecule has 0 aliphatic heterocycles. The monoisotopic (exact) mass is 421 g/mol. The average Bonchev–Trinajstić information content (AvgIpc) is 3.20. The van der Waals surface area contributed by atoms with Gasteiger partial charge in [-0.2, -0.15) is 0 Å². The summed E-state index contributed by atoms with van der Waals surface area (Å²) in [5, 5.41) is 13.3. The molecule has 4 nitrogen and oxygen atoms in total. The molecule has 0 saturated carbocycles. The van der Waals surface area contributed by atoms with Gasteiger partial charge in [0.25, 0.3) is 5.91 Å². The lowest BCUT2D eigenvalue weighted by atomic mass is 10.1. The number of halogens is 3. The Kier molecular flexibility index (Phi) is 4.71. The second-order valence-electron chi connectivity index (χ2n) is 5.65. The predicted octanol–water partition coefficient (Wildman–Crippen LogP) is 5.85. The molecule has 1 heterocycles. The number of carbonyl (C=O) groups excluding carboxylic acids is 1. The van der Waals surface area contributed by atoms with E-state index < -0.39 is 5.91 Å². The second-order valence-corrected chi connectivity index (χ2v) is 7.88. The molecule has 1 amide bonds. The van der Waals surface area contributed by atoms with Crippen LogP contribution in [0.4, 0.5) is 5.13 Å². The number of hydrogen-bond donors (Lipinski definition) is 1. The minimum atomic E-state index is -0.418. The zero-order valence-electron chi connectivity index (χ0n) is 13.1. The number of benzene rings is 2. The lowest BCUT2D eigenvalue weighted by Gasteiger charge is -2.05. The van der Waals surface area contributed by atoms with Gasteiger partial charge < -0.3 is 0 Å². The van der Waals surface area contributed by atoms with Gasteiger partial charge >= 0.3 is 0 Å². The van der Waals surface area contributed by atoms with Gasteiger partial charge in [-0.3, -0.25) is 10.1 Å². The first kappa shape index (κ1) is 17.5. The van der Waals surface area contributed by atoms with Crippen molar-refractivity contribution in [2.75, 3.05) is 5.32 Å². The van der Waals surface area contributed by atoms with Crippen LogP contribution < -0.4 is 5.32 Å². The van der Waals surface area contributed by atoms with Gasteiger partial charge in [0.2, 0.25) is 5.13 Å². The molecular weight excluding hydrogens is 413 g/mol. The van der Waals surface area contributed by atoms with Crippen LogP contribution in [-0.4, -0.2) is 16.1 Å². The largest absolute Gasteiger partial charge is 0.296 e. The molecule has 130 valence electrons. The van der Waals surface area contributed by atoms with Crippen molar-refractivity contribution < 1.29 is 4.79 Å². The highest BCUT2D eigenvalue weighted by Gasteiger charge is 2.20. The Balaban J connectivity index is 1.54. The highest BCUT2D eigenvalue weighted by atomic mass is 35.5. The highest BCUT2D eigenvalue weighted by molar-refractivity contribution is 7.16. The van der Waals surface area contributed by atoms with Crippen LogP contribution in [0.1, 0.15) is 26.5 Å². The molecule has 3 aromatic rings. The SMILES string of the molecule is O=C(Nc1nnc(C2=Cc3cc(Cl)ccc3C2)s1)c1c(Cl)cccc1Cl. The van der Waals surface area contributed by atoms with E-state index in [1.165, 1.54) is 16.9 Å². The number of aromatic nitrogens is 2. The Labute approximate surface area is 168 Å². The molecule has 4 rings (SSSR count). The number of hydrogen-bond acceptors (Lipinski definition) is 4. The fourth-order valence-electron chi connectivity index (χ4n) is 2.72. The molecule has 0 bridgehead atoms. The van der Waals surface area contributed by atoms with Crippen molar-refractivity contribution in [1.82, 2.24) is 10.2 Å². The van der Waals surface area contributed by atoms with Crippen molar-refractivity contribution >= 4 is 68.8 Å². The zero-order valence-corrected chi connectivity index (χ0v) is 16.2. The summed E-state index contributed by atoms with van der Waals surface area (Å²) in [5.74, 6) is -0.418. The maximum Gasteiger partial charge on any atom is 0.260 e. The fourth-order valence-corrected chi connectivity index (χ4v) is 4.22. The Bertz CT molecular complexity index is 1040. The number of nitrogens with one attached hydrogen (secondary N) is 1. The number of amides is 1. The van der Waals surface area contributed by atoms with E-state index in [0.29, 0.717) is 10.2 Å². The first-order valence-electron chi connectivity index (χ1n) is 7.59. The molecule has 0 radical (unpaired) electrons. The lowest BCUT2D eigenvalue weighted by Crippen LogP contribution is -2.12. The summed E-state index contributed by atoms with van der Waals surface area (Å²) in [7, 11) is 0. The van der Waals surface area contributed by atoms with E-state index in [2.05, 4.69) is 15.5 Å². The first-order chi connectivity index (χ1) is 12.5. The Morgan fingerprint density at radius 1 is 1.08 bits per heavy atom. The van der Waals surface area contributed by atoms with E-state index in [9.17, 15) is 4.79 Å². The lowest BCUT2D eigenvalue weighted by molar-refractivity contribution is 0.102. The van der Waals surface area contributed by atoms with Gasteiger partial charge in [0.05, 0.1) is 15.6 Å². The Hall–Kier alpha value is -1.92. The van der Waals surface area contributed by atoms with E-state index in [1.807, 2.05) is 24.3 Å². The highest BCUT2D eigenvalue weighted by Crippen LogP contribution is 2.35. The fraction of sp³-hybridized carbons (Fsp3) is 0.0556. The number of fused-ring (bicyclic) bond motifs is 1. The van der Waals surface area contributed by atoms with Crippen LogP contribution >= 0.6 is 46.1 Å². The normalized spacial score (nSPS) is 12.7. The minimum Gasteiger partial charge on any atom is -0.296 e. The van der Waals surface area contributed by atoms with Gasteiger partial charge in [0, 0.05) is 11.4 Å². The topological polar surface area (TPSA) is 54.9 Å². The third kappa shape index (κ3) is 3.35. The van der Waals surface area contributed by atoms with Crippen LogP contribution in [0, 0.1) is 0 Å². The molecule has 26 heavy (non-hydrogen) atoms. The summed E-state index contributed by atoms with van der Waals surface area (Å²) in [6, 6.07) is 10.7. The smallest absolute Gasteiger partial charge is 0.260 e. The third-order valence-electron chi connectivity index (χ3n) is 3.93. The molecule has 1 N–H and O–H groups in total. The number of anilines is 1. The third-order valence-corrected chi connectivity index (χ3v) is 5.71. The Morgan fingerprint density at radius 2 is 1.85 bits per heavy atom. The van der Waals surface area contributed by atoms with Crippen molar-refractivity contribution in [3.63, 3.8) is 0 Å². The maximum absolute atomic E-state index is 12.4. The van der Waals surface area contributed by atoms with Gasteiger partial charge in [-0.25, -0.2) is 0 Å². The van der Waals surface area contributed by atoms with E-state index in [-0.39, 0.29) is 15.6 Å². The standard InChI is InChI=1S/C18H10Cl3N3OS/c19-12-5-4-9-6-11(7-10(9)8-12)17-23-24-18(26-17)22-16(25)15-13(20)2-1-3-14(15)21/h1-5,7-8H,6H2,(H,22,24,25). The van der Waals surface area contributed by atoms with Crippen LogP contribution in [0.2, 0.25) is 15.1 Å². The van der Waals surface area contributed by atoms with E-state index in [1.54, 1.807) is 18.2 Å². The number of rotatable bonds is 3. The second kappa shape index (κ2) is 7.00. The first-order valence-corrected chi connectivity index (χ1v) is 9.54. The molecule has 1 aromatic heterocycles. The summed E-state index contributed by atoms with van der Waals surface area (Å²) in [6.45, 7) is 0. The number of carbonyl (C=O) groups is 1. The molecule has 0 saturated heterocycles. The molecule has 1 aliphatic carbocycles. The molecule has 0 fully saturated rings. The predicted molar refractivity (Wildman–Crippen MR) is 107 cm³/mol. The molecule has 0 unspecified atom stereocenters.